The lowest BCUT2D eigenvalue weighted by Crippen LogP contribution is -2.30. The summed E-state index contributed by atoms with van der Waals surface area (Å²) in [5, 5.41) is 0. The number of rotatable bonds is 46. The van der Waals surface area contributed by atoms with Crippen molar-refractivity contribution in [3.63, 3.8) is 0 Å². The molecule has 1 atom stereocenters. The Labute approximate surface area is 354 Å². The van der Waals surface area contributed by atoms with Crippen molar-refractivity contribution in [2.24, 2.45) is 0 Å². The van der Waals surface area contributed by atoms with Gasteiger partial charge in [-0.2, -0.15) is 0 Å². The van der Waals surface area contributed by atoms with Gasteiger partial charge in [-0.3, -0.25) is 14.4 Å². The number of ether oxygens (including phenoxy) is 3. The molecule has 0 radical (unpaired) electrons. The van der Waals surface area contributed by atoms with Gasteiger partial charge in [0, 0.05) is 19.3 Å². The summed E-state index contributed by atoms with van der Waals surface area (Å²) in [5.41, 5.74) is 0. The van der Waals surface area contributed by atoms with Gasteiger partial charge in [0.1, 0.15) is 13.2 Å². The number of esters is 3. The van der Waals surface area contributed by atoms with Crippen LogP contribution in [0.1, 0.15) is 278 Å². The molecule has 57 heavy (non-hydrogen) atoms. The third-order valence-electron chi connectivity index (χ3n) is 11.3. The van der Waals surface area contributed by atoms with Crippen LogP contribution < -0.4 is 0 Å². The zero-order valence-electron chi connectivity index (χ0n) is 38.4. The van der Waals surface area contributed by atoms with Gasteiger partial charge in [0.15, 0.2) is 6.10 Å². The van der Waals surface area contributed by atoms with Crippen LogP contribution in [0.4, 0.5) is 0 Å². The summed E-state index contributed by atoms with van der Waals surface area (Å²) in [7, 11) is 0. The second-order valence-electron chi connectivity index (χ2n) is 17.1. The SMILES string of the molecule is CCC/C=C\CCCCCCCC(=O)OCC(COC(=O)CCCCCCCCCCCCCCCCCCC)OC(=O)CCCCCCCCCCCCCC. The van der Waals surface area contributed by atoms with E-state index in [1.165, 1.54) is 167 Å². The highest BCUT2D eigenvalue weighted by Gasteiger charge is 2.19. The van der Waals surface area contributed by atoms with E-state index in [9.17, 15) is 14.4 Å². The molecular weight excluding hydrogens is 709 g/mol. The first-order valence-electron chi connectivity index (χ1n) is 25.2. The second-order valence-corrected chi connectivity index (χ2v) is 17.1. The van der Waals surface area contributed by atoms with Crippen molar-refractivity contribution in [3.05, 3.63) is 12.2 Å². The van der Waals surface area contributed by atoms with E-state index in [1.54, 1.807) is 0 Å². The van der Waals surface area contributed by atoms with Gasteiger partial charge in [-0.05, 0) is 38.5 Å². The van der Waals surface area contributed by atoms with Crippen LogP contribution in [0.15, 0.2) is 12.2 Å². The van der Waals surface area contributed by atoms with Crippen LogP contribution in [-0.4, -0.2) is 37.2 Å². The van der Waals surface area contributed by atoms with Crippen LogP contribution >= 0.6 is 0 Å². The minimum atomic E-state index is -0.765. The van der Waals surface area contributed by atoms with Crippen LogP contribution in [0, 0.1) is 0 Å². The number of carbonyl (C=O) groups excluding carboxylic acids is 3. The molecule has 0 fully saturated rings. The molecule has 0 bridgehead atoms. The number of hydrogen-bond donors (Lipinski definition) is 0. The molecule has 0 aliphatic heterocycles. The van der Waals surface area contributed by atoms with E-state index in [4.69, 9.17) is 14.2 Å². The van der Waals surface area contributed by atoms with Crippen LogP contribution in [0.2, 0.25) is 0 Å². The Kier molecular flexibility index (Phi) is 45.3. The third-order valence-corrected chi connectivity index (χ3v) is 11.3. The summed E-state index contributed by atoms with van der Waals surface area (Å²) in [6, 6.07) is 0. The zero-order valence-corrected chi connectivity index (χ0v) is 38.4. The van der Waals surface area contributed by atoms with E-state index in [1.807, 2.05) is 0 Å². The fourth-order valence-corrected chi connectivity index (χ4v) is 7.45. The summed E-state index contributed by atoms with van der Waals surface area (Å²) < 4.78 is 16.8. The summed E-state index contributed by atoms with van der Waals surface area (Å²) >= 11 is 0. The predicted molar refractivity (Wildman–Crippen MR) is 243 cm³/mol. The maximum atomic E-state index is 12.7. The normalized spacial score (nSPS) is 12.0. The van der Waals surface area contributed by atoms with E-state index in [2.05, 4.69) is 32.9 Å². The molecule has 0 spiro atoms. The van der Waals surface area contributed by atoms with Gasteiger partial charge in [0.05, 0.1) is 0 Å². The Balaban J connectivity index is 4.27. The highest BCUT2D eigenvalue weighted by Crippen LogP contribution is 2.16. The second kappa shape index (κ2) is 46.8. The third kappa shape index (κ3) is 45.1. The smallest absolute Gasteiger partial charge is 0.306 e. The molecular formula is C51H96O6. The quantitative estimate of drug-likeness (QED) is 0.0264. The Hall–Kier alpha value is -1.85. The first kappa shape index (κ1) is 55.2. The van der Waals surface area contributed by atoms with E-state index in [0.717, 1.165) is 70.6 Å². The van der Waals surface area contributed by atoms with E-state index in [0.29, 0.717) is 19.3 Å². The van der Waals surface area contributed by atoms with Gasteiger partial charge in [-0.25, -0.2) is 0 Å². The Morgan fingerprint density at radius 3 is 0.947 bits per heavy atom. The first-order valence-corrected chi connectivity index (χ1v) is 25.2. The van der Waals surface area contributed by atoms with Gasteiger partial charge in [-0.15, -0.1) is 0 Å². The molecule has 0 saturated heterocycles. The van der Waals surface area contributed by atoms with Crippen LogP contribution in [0.5, 0.6) is 0 Å². The molecule has 0 heterocycles. The molecule has 0 aromatic carbocycles. The van der Waals surface area contributed by atoms with Gasteiger partial charge in [0.25, 0.3) is 0 Å². The van der Waals surface area contributed by atoms with Gasteiger partial charge < -0.3 is 14.2 Å². The molecule has 0 aliphatic carbocycles. The largest absolute Gasteiger partial charge is 0.462 e. The molecule has 0 saturated carbocycles. The number of hydrogen-bond acceptors (Lipinski definition) is 6. The average Bonchev–Trinajstić information content (AvgIpc) is 3.21. The first-order chi connectivity index (χ1) is 28.0. The summed E-state index contributed by atoms with van der Waals surface area (Å²) in [6.07, 6.45) is 50.5. The maximum absolute atomic E-state index is 12.7. The van der Waals surface area contributed by atoms with Crippen molar-refractivity contribution in [1.82, 2.24) is 0 Å². The predicted octanol–water partition coefficient (Wildman–Crippen LogP) is 16.2. The average molecular weight is 805 g/mol. The van der Waals surface area contributed by atoms with Crippen molar-refractivity contribution in [2.45, 2.75) is 284 Å². The maximum Gasteiger partial charge on any atom is 0.306 e. The van der Waals surface area contributed by atoms with Gasteiger partial charge in [-0.1, -0.05) is 232 Å². The highest BCUT2D eigenvalue weighted by molar-refractivity contribution is 5.71. The fraction of sp³-hybridized carbons (Fsp3) is 0.902. The van der Waals surface area contributed by atoms with E-state index in [-0.39, 0.29) is 31.1 Å². The molecule has 6 heteroatoms. The lowest BCUT2D eigenvalue weighted by molar-refractivity contribution is -0.167. The Bertz CT molecular complexity index is 885. The van der Waals surface area contributed by atoms with Gasteiger partial charge >= 0.3 is 17.9 Å². The summed E-state index contributed by atoms with van der Waals surface area (Å²) in [4.78, 5) is 37.8. The number of unbranched alkanes of at least 4 members (excludes halogenated alkanes) is 33. The zero-order chi connectivity index (χ0) is 41.5. The highest BCUT2D eigenvalue weighted by atomic mass is 16.6. The Morgan fingerprint density at radius 2 is 0.614 bits per heavy atom. The molecule has 6 nitrogen and oxygen atoms in total. The molecule has 336 valence electrons. The fourth-order valence-electron chi connectivity index (χ4n) is 7.45. The van der Waals surface area contributed by atoms with Crippen LogP contribution in [0.25, 0.3) is 0 Å². The summed E-state index contributed by atoms with van der Waals surface area (Å²) in [6.45, 7) is 6.60. The topological polar surface area (TPSA) is 78.9 Å². The lowest BCUT2D eigenvalue weighted by atomic mass is 10.0. The number of allylic oxidation sites excluding steroid dienone is 2. The standard InChI is InChI=1S/C51H96O6/c1-4-7-10-13-16-19-22-24-25-26-27-28-30-32-35-38-41-44-50(53)56-47-48(46-55-49(52)43-40-37-34-31-21-18-15-12-9-6-3)57-51(54)45-42-39-36-33-29-23-20-17-14-11-8-5-2/h12,15,48H,4-11,13-14,16-47H2,1-3H3/b15-12-. The van der Waals surface area contributed by atoms with Crippen molar-refractivity contribution in [3.8, 4) is 0 Å². The van der Waals surface area contributed by atoms with E-state index < -0.39 is 6.10 Å². The van der Waals surface area contributed by atoms with Crippen LogP contribution in [0.3, 0.4) is 0 Å². The van der Waals surface area contributed by atoms with Gasteiger partial charge in [0.2, 0.25) is 0 Å². The monoisotopic (exact) mass is 805 g/mol. The van der Waals surface area contributed by atoms with Crippen molar-refractivity contribution >= 4 is 17.9 Å². The van der Waals surface area contributed by atoms with E-state index >= 15 is 0 Å². The molecule has 0 aromatic rings. The molecule has 0 amide bonds. The Morgan fingerprint density at radius 1 is 0.333 bits per heavy atom. The molecule has 1 unspecified atom stereocenters. The molecule has 0 N–H and O–H groups in total. The molecule has 0 aromatic heterocycles. The molecule has 0 rings (SSSR count). The lowest BCUT2D eigenvalue weighted by Gasteiger charge is -2.18. The minimum Gasteiger partial charge on any atom is -0.462 e. The van der Waals surface area contributed by atoms with Crippen molar-refractivity contribution in [1.29, 1.82) is 0 Å². The summed E-state index contributed by atoms with van der Waals surface area (Å²) in [5.74, 6) is -0.864. The van der Waals surface area contributed by atoms with Crippen molar-refractivity contribution < 1.29 is 28.6 Å². The van der Waals surface area contributed by atoms with Crippen LogP contribution in [-0.2, 0) is 28.6 Å². The van der Waals surface area contributed by atoms with Crippen molar-refractivity contribution in [2.75, 3.05) is 13.2 Å². The minimum absolute atomic E-state index is 0.0675. The number of carbonyl (C=O) groups is 3. The molecule has 0 aliphatic rings.